The molecule has 4 heteroatoms. The summed E-state index contributed by atoms with van der Waals surface area (Å²) < 4.78 is 39.9. The Hall–Kier alpha value is -1.03. The quantitative estimate of drug-likeness (QED) is 0.810. The van der Waals surface area contributed by atoms with Gasteiger partial charge >= 0.3 is 0 Å². The highest BCUT2D eigenvalue weighted by molar-refractivity contribution is 5.23. The van der Waals surface area contributed by atoms with E-state index in [0.717, 1.165) is 25.0 Å². The van der Waals surface area contributed by atoms with Crippen molar-refractivity contribution >= 4 is 0 Å². The molecule has 0 heterocycles. The molecular formula is C16H22F3N. The predicted molar refractivity (Wildman–Crippen MR) is 73.8 cm³/mol. The Morgan fingerprint density at radius 1 is 1.00 bits per heavy atom. The van der Waals surface area contributed by atoms with Gasteiger partial charge in [-0.25, -0.2) is 13.2 Å². The maximum absolute atomic E-state index is 13.4. The Morgan fingerprint density at radius 3 is 1.95 bits per heavy atom. The standard InChI is InChI=1S/C16H22F3N/c1-9-4-10(2)6-11(5-9)16(20-3)12-7-13(17)15(19)14(18)8-12/h7-11,16,20H,4-6H2,1-3H3. The second-order valence-corrected chi connectivity index (χ2v) is 6.24. The third-order valence-electron chi connectivity index (χ3n) is 4.36. The summed E-state index contributed by atoms with van der Waals surface area (Å²) in [7, 11) is 1.79. The van der Waals surface area contributed by atoms with Crippen molar-refractivity contribution in [2.24, 2.45) is 17.8 Å². The fourth-order valence-corrected chi connectivity index (χ4v) is 3.71. The summed E-state index contributed by atoms with van der Waals surface area (Å²) in [6, 6.07) is 2.09. The first-order chi connectivity index (χ1) is 9.42. The predicted octanol–water partition coefficient (Wildman–Crippen LogP) is 4.44. The number of rotatable bonds is 3. The summed E-state index contributed by atoms with van der Waals surface area (Å²) in [5, 5.41) is 3.15. The number of benzene rings is 1. The second-order valence-electron chi connectivity index (χ2n) is 6.24. The van der Waals surface area contributed by atoms with Crippen LogP contribution < -0.4 is 5.32 Å². The van der Waals surface area contributed by atoms with Crippen LogP contribution in [-0.4, -0.2) is 7.05 Å². The molecule has 0 spiro atoms. The Balaban J connectivity index is 2.28. The van der Waals surface area contributed by atoms with Crippen LogP contribution in [0.25, 0.3) is 0 Å². The molecule has 1 aliphatic carbocycles. The van der Waals surface area contributed by atoms with Crippen LogP contribution in [-0.2, 0) is 0 Å². The topological polar surface area (TPSA) is 12.0 Å². The van der Waals surface area contributed by atoms with Crippen molar-refractivity contribution in [2.45, 2.75) is 39.2 Å². The normalized spacial score (nSPS) is 28.4. The lowest BCUT2D eigenvalue weighted by molar-refractivity contribution is 0.180. The molecule has 1 N–H and O–H groups in total. The molecule has 112 valence electrons. The molecule has 1 fully saturated rings. The van der Waals surface area contributed by atoms with Gasteiger partial charge in [0.2, 0.25) is 0 Å². The maximum atomic E-state index is 13.4. The van der Waals surface area contributed by atoms with Crippen LogP contribution in [0.15, 0.2) is 12.1 Å². The third-order valence-corrected chi connectivity index (χ3v) is 4.36. The van der Waals surface area contributed by atoms with E-state index in [4.69, 9.17) is 0 Å². The molecule has 0 amide bonds. The monoisotopic (exact) mass is 285 g/mol. The average molecular weight is 285 g/mol. The zero-order valence-electron chi connectivity index (χ0n) is 12.2. The van der Waals surface area contributed by atoms with Gasteiger partial charge < -0.3 is 5.32 Å². The molecule has 0 saturated heterocycles. The van der Waals surface area contributed by atoms with Gasteiger partial charge in [0.25, 0.3) is 0 Å². The van der Waals surface area contributed by atoms with Crippen LogP contribution in [0.3, 0.4) is 0 Å². The summed E-state index contributed by atoms with van der Waals surface area (Å²) in [4.78, 5) is 0. The molecule has 0 bridgehead atoms. The highest BCUT2D eigenvalue weighted by atomic mass is 19.2. The van der Waals surface area contributed by atoms with Gasteiger partial charge in [-0.3, -0.25) is 0 Å². The zero-order valence-corrected chi connectivity index (χ0v) is 12.2. The van der Waals surface area contributed by atoms with Crippen LogP contribution in [0.5, 0.6) is 0 Å². The van der Waals surface area contributed by atoms with E-state index in [1.54, 1.807) is 7.05 Å². The van der Waals surface area contributed by atoms with E-state index in [-0.39, 0.29) is 6.04 Å². The van der Waals surface area contributed by atoms with E-state index in [2.05, 4.69) is 19.2 Å². The molecule has 2 rings (SSSR count). The van der Waals surface area contributed by atoms with Crippen LogP contribution in [0.4, 0.5) is 13.2 Å². The largest absolute Gasteiger partial charge is 0.313 e. The van der Waals surface area contributed by atoms with Crippen LogP contribution in [0, 0.1) is 35.2 Å². The zero-order chi connectivity index (χ0) is 14.9. The van der Waals surface area contributed by atoms with E-state index in [9.17, 15) is 13.2 Å². The van der Waals surface area contributed by atoms with Crippen molar-refractivity contribution in [3.63, 3.8) is 0 Å². The molecule has 1 saturated carbocycles. The van der Waals surface area contributed by atoms with Gasteiger partial charge in [-0.1, -0.05) is 13.8 Å². The minimum absolute atomic E-state index is 0.134. The van der Waals surface area contributed by atoms with E-state index in [1.807, 2.05) is 0 Å². The molecular weight excluding hydrogens is 263 g/mol. The summed E-state index contributed by atoms with van der Waals surface area (Å²) in [6.07, 6.45) is 3.24. The first-order valence-corrected chi connectivity index (χ1v) is 7.24. The lowest BCUT2D eigenvalue weighted by Crippen LogP contribution is -2.31. The van der Waals surface area contributed by atoms with E-state index in [0.29, 0.717) is 23.3 Å². The number of nitrogens with one attached hydrogen (secondary N) is 1. The molecule has 20 heavy (non-hydrogen) atoms. The van der Waals surface area contributed by atoms with Crippen molar-refractivity contribution < 1.29 is 13.2 Å². The molecule has 1 aromatic carbocycles. The lowest BCUT2D eigenvalue weighted by atomic mass is 9.72. The molecule has 0 aromatic heterocycles. The number of hydrogen-bond acceptors (Lipinski definition) is 1. The fourth-order valence-electron chi connectivity index (χ4n) is 3.71. The van der Waals surface area contributed by atoms with Crippen LogP contribution in [0.1, 0.15) is 44.7 Å². The molecule has 1 nitrogen and oxygen atoms in total. The molecule has 0 aliphatic heterocycles. The molecule has 3 atom stereocenters. The minimum atomic E-state index is -1.39. The summed E-state index contributed by atoms with van der Waals surface area (Å²) >= 11 is 0. The Bertz CT molecular complexity index is 442. The molecule has 1 aliphatic rings. The van der Waals surface area contributed by atoms with Gasteiger partial charge in [-0.05, 0) is 61.8 Å². The fraction of sp³-hybridized carbons (Fsp3) is 0.625. The van der Waals surface area contributed by atoms with Gasteiger partial charge in [0, 0.05) is 6.04 Å². The summed E-state index contributed by atoms with van der Waals surface area (Å²) in [5.74, 6) is -2.09. The smallest absolute Gasteiger partial charge is 0.194 e. The van der Waals surface area contributed by atoms with Gasteiger partial charge in [0.1, 0.15) is 0 Å². The Morgan fingerprint density at radius 2 is 1.50 bits per heavy atom. The van der Waals surface area contributed by atoms with E-state index in [1.165, 1.54) is 6.42 Å². The first-order valence-electron chi connectivity index (χ1n) is 7.24. The van der Waals surface area contributed by atoms with Crippen molar-refractivity contribution in [2.75, 3.05) is 7.05 Å². The first kappa shape index (κ1) is 15.4. The minimum Gasteiger partial charge on any atom is -0.313 e. The summed E-state index contributed by atoms with van der Waals surface area (Å²) in [6.45, 7) is 4.42. The van der Waals surface area contributed by atoms with Crippen molar-refractivity contribution in [1.82, 2.24) is 5.32 Å². The van der Waals surface area contributed by atoms with Gasteiger partial charge in [0.15, 0.2) is 17.5 Å². The van der Waals surface area contributed by atoms with Gasteiger partial charge in [-0.2, -0.15) is 0 Å². The molecule has 1 aromatic rings. The third kappa shape index (κ3) is 3.17. The van der Waals surface area contributed by atoms with Crippen molar-refractivity contribution in [3.05, 3.63) is 35.1 Å². The Labute approximate surface area is 118 Å². The average Bonchev–Trinajstić information content (AvgIpc) is 2.35. The molecule has 3 unspecified atom stereocenters. The van der Waals surface area contributed by atoms with Gasteiger partial charge in [0.05, 0.1) is 0 Å². The van der Waals surface area contributed by atoms with Crippen LogP contribution >= 0.6 is 0 Å². The summed E-state index contributed by atoms with van der Waals surface area (Å²) in [5.41, 5.74) is 0.496. The highest BCUT2D eigenvalue weighted by Gasteiger charge is 2.31. The highest BCUT2D eigenvalue weighted by Crippen LogP contribution is 2.40. The second kappa shape index (κ2) is 6.17. The van der Waals surface area contributed by atoms with Gasteiger partial charge in [-0.15, -0.1) is 0 Å². The SMILES string of the molecule is CNC(c1cc(F)c(F)c(F)c1)C1CC(C)CC(C)C1. The maximum Gasteiger partial charge on any atom is 0.194 e. The number of halogens is 3. The van der Waals surface area contributed by atoms with E-state index < -0.39 is 17.5 Å². The van der Waals surface area contributed by atoms with Crippen LogP contribution in [0.2, 0.25) is 0 Å². The van der Waals surface area contributed by atoms with E-state index >= 15 is 0 Å². The lowest BCUT2D eigenvalue weighted by Gasteiger charge is -2.36. The van der Waals surface area contributed by atoms with Crippen molar-refractivity contribution in [1.29, 1.82) is 0 Å². The van der Waals surface area contributed by atoms with Crippen molar-refractivity contribution in [3.8, 4) is 0 Å². The number of hydrogen-bond donors (Lipinski definition) is 1. The molecule has 0 radical (unpaired) electrons. The Kier molecular flexibility index (Phi) is 4.74.